The third-order valence-corrected chi connectivity index (χ3v) is 3.73. The molecule has 25 heavy (non-hydrogen) atoms. The summed E-state index contributed by atoms with van der Waals surface area (Å²) in [5.41, 5.74) is 2.09. The lowest BCUT2D eigenvalue weighted by atomic mass is 10.1. The van der Waals surface area contributed by atoms with E-state index in [1.54, 1.807) is 48.3 Å². The third kappa shape index (κ3) is 3.83. The van der Waals surface area contributed by atoms with Crippen LogP contribution in [0.1, 0.15) is 25.0 Å². The van der Waals surface area contributed by atoms with Crippen LogP contribution in [0.5, 0.6) is 11.5 Å². The molecule has 1 aliphatic rings. The Balaban J connectivity index is 1.65. The van der Waals surface area contributed by atoms with Gasteiger partial charge in [-0.25, -0.2) is 4.79 Å². The van der Waals surface area contributed by atoms with E-state index in [-0.39, 0.29) is 6.03 Å². The number of amides is 2. The first-order chi connectivity index (χ1) is 11.9. The fraction of sp³-hybridized carbons (Fsp3) is 0.263. The Kier molecular flexibility index (Phi) is 4.24. The SMILES string of the molecule is CN(Cc1cccc(C#N)c1)C(=O)Nc1ccc2c(c1)OC(C)(C)O2. The lowest BCUT2D eigenvalue weighted by Gasteiger charge is -2.18. The summed E-state index contributed by atoms with van der Waals surface area (Å²) < 4.78 is 11.3. The number of carbonyl (C=O) groups excluding carboxylic acids is 1. The maximum atomic E-state index is 12.4. The number of fused-ring (bicyclic) bond motifs is 1. The second-order valence-electron chi connectivity index (χ2n) is 6.36. The number of benzene rings is 2. The molecule has 0 aliphatic carbocycles. The summed E-state index contributed by atoms with van der Waals surface area (Å²) in [5.74, 6) is 0.560. The molecule has 0 saturated carbocycles. The predicted octanol–water partition coefficient (Wildman–Crippen LogP) is 3.73. The van der Waals surface area contributed by atoms with E-state index in [1.165, 1.54) is 0 Å². The number of nitrogens with one attached hydrogen (secondary N) is 1. The normalized spacial score (nSPS) is 13.8. The highest BCUT2D eigenvalue weighted by molar-refractivity contribution is 5.89. The van der Waals surface area contributed by atoms with Crippen LogP contribution in [0.3, 0.4) is 0 Å². The van der Waals surface area contributed by atoms with Gasteiger partial charge in [0.2, 0.25) is 5.79 Å². The number of nitrogens with zero attached hydrogens (tertiary/aromatic N) is 2. The van der Waals surface area contributed by atoms with Gasteiger partial charge in [-0.1, -0.05) is 12.1 Å². The minimum Gasteiger partial charge on any atom is -0.449 e. The summed E-state index contributed by atoms with van der Waals surface area (Å²) in [5, 5.41) is 11.8. The molecule has 0 saturated heterocycles. The average Bonchev–Trinajstić information content (AvgIpc) is 2.88. The Morgan fingerprint density at radius 2 is 1.96 bits per heavy atom. The monoisotopic (exact) mass is 337 g/mol. The van der Waals surface area contributed by atoms with Crippen LogP contribution in [0.2, 0.25) is 0 Å². The largest absolute Gasteiger partial charge is 0.449 e. The lowest BCUT2D eigenvalue weighted by molar-refractivity contribution is -0.0431. The molecule has 0 atom stereocenters. The van der Waals surface area contributed by atoms with Crippen molar-refractivity contribution >= 4 is 11.7 Å². The number of urea groups is 1. The quantitative estimate of drug-likeness (QED) is 0.926. The molecule has 0 aromatic heterocycles. The molecule has 0 fully saturated rings. The van der Waals surface area contributed by atoms with Crippen LogP contribution in [0, 0.1) is 11.3 Å². The molecule has 2 aromatic carbocycles. The second-order valence-corrected chi connectivity index (χ2v) is 6.36. The highest BCUT2D eigenvalue weighted by Crippen LogP contribution is 2.40. The van der Waals surface area contributed by atoms with E-state index in [9.17, 15) is 4.79 Å². The fourth-order valence-corrected chi connectivity index (χ4v) is 2.60. The molecule has 128 valence electrons. The van der Waals surface area contributed by atoms with Gasteiger partial charge in [0.25, 0.3) is 0 Å². The Labute approximate surface area is 146 Å². The summed E-state index contributed by atoms with van der Waals surface area (Å²) in [4.78, 5) is 13.9. The molecular formula is C19H19N3O3. The van der Waals surface area contributed by atoms with E-state index in [2.05, 4.69) is 11.4 Å². The highest BCUT2D eigenvalue weighted by Gasteiger charge is 2.31. The maximum absolute atomic E-state index is 12.4. The van der Waals surface area contributed by atoms with Crippen LogP contribution < -0.4 is 14.8 Å². The molecule has 0 unspecified atom stereocenters. The summed E-state index contributed by atoms with van der Waals surface area (Å²) in [6, 6.07) is 14.3. The zero-order chi connectivity index (χ0) is 18.0. The first-order valence-corrected chi connectivity index (χ1v) is 7.89. The molecule has 1 heterocycles. The van der Waals surface area contributed by atoms with Gasteiger partial charge in [0.1, 0.15) is 0 Å². The van der Waals surface area contributed by atoms with Crippen molar-refractivity contribution in [2.24, 2.45) is 0 Å². The summed E-state index contributed by atoms with van der Waals surface area (Å²) in [6.45, 7) is 4.06. The van der Waals surface area contributed by atoms with Crippen molar-refractivity contribution in [3.8, 4) is 17.6 Å². The Bertz CT molecular complexity index is 855. The molecule has 1 N–H and O–H groups in total. The molecule has 2 amide bonds. The highest BCUT2D eigenvalue weighted by atomic mass is 16.7. The number of hydrogen-bond donors (Lipinski definition) is 1. The van der Waals surface area contributed by atoms with E-state index >= 15 is 0 Å². The van der Waals surface area contributed by atoms with Gasteiger partial charge in [-0.2, -0.15) is 5.26 Å². The fourth-order valence-electron chi connectivity index (χ4n) is 2.60. The van der Waals surface area contributed by atoms with Gasteiger partial charge in [-0.15, -0.1) is 0 Å². The number of anilines is 1. The number of hydrogen-bond acceptors (Lipinski definition) is 4. The van der Waals surface area contributed by atoms with Crippen molar-refractivity contribution in [1.29, 1.82) is 5.26 Å². The molecule has 1 aliphatic heterocycles. The summed E-state index contributed by atoms with van der Waals surface area (Å²) in [7, 11) is 1.70. The Hall–Kier alpha value is -3.20. The maximum Gasteiger partial charge on any atom is 0.321 e. The summed E-state index contributed by atoms with van der Waals surface area (Å²) in [6.07, 6.45) is 0. The second kappa shape index (κ2) is 6.36. The molecule has 6 heteroatoms. The van der Waals surface area contributed by atoms with Gasteiger partial charge in [-0.3, -0.25) is 0 Å². The van der Waals surface area contributed by atoms with Crippen LogP contribution >= 0.6 is 0 Å². The lowest BCUT2D eigenvalue weighted by Crippen LogP contribution is -2.30. The van der Waals surface area contributed by atoms with Crippen molar-refractivity contribution in [3.05, 3.63) is 53.6 Å². The van der Waals surface area contributed by atoms with Gasteiger partial charge in [0, 0.05) is 39.2 Å². The van der Waals surface area contributed by atoms with Crippen molar-refractivity contribution in [1.82, 2.24) is 4.90 Å². The standard InChI is InChI=1S/C19H19N3O3/c1-19(2)24-16-8-7-15(10-17(16)25-19)21-18(23)22(3)12-14-6-4-5-13(9-14)11-20/h4-10H,12H2,1-3H3,(H,21,23). The minimum atomic E-state index is -0.701. The average molecular weight is 337 g/mol. The zero-order valence-electron chi connectivity index (χ0n) is 14.4. The topological polar surface area (TPSA) is 74.6 Å². The van der Waals surface area contributed by atoms with Crippen molar-refractivity contribution in [2.75, 3.05) is 12.4 Å². The number of ether oxygens (including phenoxy) is 2. The van der Waals surface area contributed by atoms with Crippen LogP contribution in [0.15, 0.2) is 42.5 Å². The van der Waals surface area contributed by atoms with E-state index in [0.29, 0.717) is 29.3 Å². The first-order valence-electron chi connectivity index (χ1n) is 7.89. The zero-order valence-corrected chi connectivity index (χ0v) is 14.4. The molecular weight excluding hydrogens is 318 g/mol. The van der Waals surface area contributed by atoms with Crippen LogP contribution in [-0.2, 0) is 6.54 Å². The molecule has 2 aromatic rings. The Morgan fingerprint density at radius 1 is 1.20 bits per heavy atom. The first kappa shape index (κ1) is 16.7. The van der Waals surface area contributed by atoms with Crippen molar-refractivity contribution < 1.29 is 14.3 Å². The van der Waals surface area contributed by atoms with Gasteiger partial charge >= 0.3 is 6.03 Å². The molecule has 6 nitrogen and oxygen atoms in total. The molecule has 0 bridgehead atoms. The van der Waals surface area contributed by atoms with Crippen LogP contribution in [0.4, 0.5) is 10.5 Å². The van der Waals surface area contributed by atoms with Crippen molar-refractivity contribution in [3.63, 3.8) is 0 Å². The van der Waals surface area contributed by atoms with Gasteiger partial charge in [0.15, 0.2) is 11.5 Å². The number of carbonyl (C=O) groups is 1. The van der Waals surface area contributed by atoms with E-state index in [1.807, 2.05) is 19.9 Å². The smallest absolute Gasteiger partial charge is 0.321 e. The van der Waals surface area contributed by atoms with E-state index < -0.39 is 5.79 Å². The van der Waals surface area contributed by atoms with E-state index in [4.69, 9.17) is 14.7 Å². The Morgan fingerprint density at radius 3 is 2.72 bits per heavy atom. The number of nitriles is 1. The molecule has 3 rings (SSSR count). The molecule has 0 radical (unpaired) electrons. The van der Waals surface area contributed by atoms with E-state index in [0.717, 1.165) is 5.56 Å². The van der Waals surface area contributed by atoms with Gasteiger partial charge < -0.3 is 19.7 Å². The number of rotatable bonds is 3. The molecule has 0 spiro atoms. The van der Waals surface area contributed by atoms with Crippen LogP contribution in [0.25, 0.3) is 0 Å². The van der Waals surface area contributed by atoms with Gasteiger partial charge in [-0.05, 0) is 29.8 Å². The van der Waals surface area contributed by atoms with Gasteiger partial charge in [0.05, 0.1) is 11.6 Å². The predicted molar refractivity (Wildman–Crippen MR) is 93.4 cm³/mol. The van der Waals surface area contributed by atoms with Crippen molar-refractivity contribution in [2.45, 2.75) is 26.2 Å². The minimum absolute atomic E-state index is 0.250. The third-order valence-electron chi connectivity index (χ3n) is 3.73. The van der Waals surface area contributed by atoms with Crippen LogP contribution in [-0.4, -0.2) is 23.8 Å². The summed E-state index contributed by atoms with van der Waals surface area (Å²) >= 11 is 0.